The topological polar surface area (TPSA) is 44.8 Å². The molecule has 0 unspecified atom stereocenters. The van der Waals surface area contributed by atoms with Gasteiger partial charge in [-0.15, -0.1) is 6.58 Å². The first kappa shape index (κ1) is 13.5. The van der Waals surface area contributed by atoms with Crippen molar-refractivity contribution in [2.24, 2.45) is 0 Å². The summed E-state index contributed by atoms with van der Waals surface area (Å²) in [6.07, 6.45) is 2.65. The van der Waals surface area contributed by atoms with Crippen LogP contribution in [-0.2, 0) is 9.68 Å². The Morgan fingerprint density at radius 2 is 2.18 bits per heavy atom. The van der Waals surface area contributed by atoms with Gasteiger partial charge in [0.05, 0.1) is 4.47 Å². The number of rotatable bonds is 6. The third-order valence-corrected chi connectivity index (χ3v) is 2.24. The molecule has 1 aromatic rings. The summed E-state index contributed by atoms with van der Waals surface area (Å²) in [5.74, 6) is 0.344. The van der Waals surface area contributed by atoms with Gasteiger partial charge in [0.15, 0.2) is 5.75 Å². The molecule has 0 saturated heterocycles. The Hall–Kier alpha value is -1.59. The molecular formula is C12H11BrO4. The molecule has 0 N–H and O–H groups in total. The van der Waals surface area contributed by atoms with E-state index in [-0.39, 0.29) is 6.61 Å². The van der Waals surface area contributed by atoms with E-state index in [1.165, 1.54) is 0 Å². The number of ether oxygens (including phenoxy) is 1. The summed E-state index contributed by atoms with van der Waals surface area (Å²) < 4.78 is 5.53. The molecule has 4 nitrogen and oxygen atoms in total. The zero-order valence-electron chi connectivity index (χ0n) is 9.02. The second-order valence-electron chi connectivity index (χ2n) is 2.87. The van der Waals surface area contributed by atoms with Crippen LogP contribution in [0.4, 0.5) is 0 Å². The molecule has 1 rings (SSSR count). The van der Waals surface area contributed by atoms with E-state index in [0.29, 0.717) is 16.0 Å². The summed E-state index contributed by atoms with van der Waals surface area (Å²) in [6.45, 7) is 7.07. The first-order valence-electron chi connectivity index (χ1n) is 4.71. The number of hydrogen-bond donors (Lipinski definition) is 0. The maximum Gasteiger partial charge on any atom is 0.335 e. The predicted octanol–water partition coefficient (Wildman–Crippen LogP) is 3.04. The van der Waals surface area contributed by atoms with Gasteiger partial charge < -0.3 is 9.62 Å². The number of esters is 1. The Bertz CT molecular complexity index is 429. The highest BCUT2D eigenvalue weighted by molar-refractivity contribution is 9.10. The van der Waals surface area contributed by atoms with E-state index in [1.807, 2.05) is 0 Å². The average molecular weight is 299 g/mol. The van der Waals surface area contributed by atoms with Crippen molar-refractivity contribution in [1.82, 2.24) is 0 Å². The van der Waals surface area contributed by atoms with Crippen LogP contribution in [0, 0.1) is 0 Å². The van der Waals surface area contributed by atoms with Crippen LogP contribution in [0.15, 0.2) is 48.0 Å². The van der Waals surface area contributed by atoms with Crippen molar-refractivity contribution < 1.29 is 19.3 Å². The van der Waals surface area contributed by atoms with Crippen molar-refractivity contribution in [2.45, 2.75) is 0 Å². The van der Waals surface area contributed by atoms with Crippen molar-refractivity contribution in [3.05, 3.63) is 48.0 Å². The maximum atomic E-state index is 11.0. The lowest BCUT2D eigenvalue weighted by Crippen LogP contribution is -2.03. The molecule has 1 aromatic carbocycles. The van der Waals surface area contributed by atoms with Gasteiger partial charge >= 0.3 is 5.97 Å². The minimum atomic E-state index is -0.520. The van der Waals surface area contributed by atoms with Gasteiger partial charge in [-0.25, -0.2) is 4.79 Å². The summed E-state index contributed by atoms with van der Waals surface area (Å²) in [5.41, 5.74) is 0. The first-order valence-corrected chi connectivity index (χ1v) is 5.51. The van der Waals surface area contributed by atoms with E-state index < -0.39 is 5.97 Å². The SMILES string of the molecule is C=CCOOc1ccc(OC(=O)C=C)cc1Br. The van der Waals surface area contributed by atoms with Crippen molar-refractivity contribution >= 4 is 21.9 Å². The number of carbonyl (C=O) groups excluding carboxylic acids is 1. The number of benzene rings is 1. The standard InChI is InChI=1S/C12H11BrO4/c1-3-7-15-17-11-6-5-9(8-10(11)13)16-12(14)4-2/h3-6,8H,1-2,7H2. The summed E-state index contributed by atoms with van der Waals surface area (Å²) >= 11 is 3.26. The quantitative estimate of drug-likeness (QED) is 0.154. The molecule has 90 valence electrons. The molecule has 5 heteroatoms. The monoisotopic (exact) mass is 298 g/mol. The summed E-state index contributed by atoms with van der Waals surface area (Å²) in [7, 11) is 0. The van der Waals surface area contributed by atoms with Gasteiger partial charge in [0.25, 0.3) is 0 Å². The lowest BCUT2D eigenvalue weighted by atomic mass is 10.3. The van der Waals surface area contributed by atoms with E-state index in [0.717, 1.165) is 6.08 Å². The van der Waals surface area contributed by atoms with Gasteiger partial charge in [0.1, 0.15) is 12.4 Å². The van der Waals surface area contributed by atoms with Crippen LogP contribution in [0.5, 0.6) is 11.5 Å². The minimum absolute atomic E-state index is 0.277. The van der Waals surface area contributed by atoms with Crippen molar-refractivity contribution in [3.63, 3.8) is 0 Å². The second kappa shape index (κ2) is 6.88. The van der Waals surface area contributed by atoms with Crippen LogP contribution >= 0.6 is 15.9 Å². The molecular weight excluding hydrogens is 288 g/mol. The molecule has 0 fully saturated rings. The highest BCUT2D eigenvalue weighted by Gasteiger charge is 2.06. The van der Waals surface area contributed by atoms with Crippen LogP contribution in [0.3, 0.4) is 0 Å². The van der Waals surface area contributed by atoms with Gasteiger partial charge in [-0.1, -0.05) is 12.7 Å². The normalized spacial score (nSPS) is 9.47. The van der Waals surface area contributed by atoms with E-state index >= 15 is 0 Å². The Kier molecular flexibility index (Phi) is 5.45. The molecule has 0 amide bonds. The predicted molar refractivity (Wildman–Crippen MR) is 66.8 cm³/mol. The van der Waals surface area contributed by atoms with E-state index in [2.05, 4.69) is 29.1 Å². The second-order valence-corrected chi connectivity index (χ2v) is 3.73. The first-order chi connectivity index (χ1) is 8.17. The molecule has 0 heterocycles. The van der Waals surface area contributed by atoms with Crippen LogP contribution < -0.4 is 9.62 Å². The summed E-state index contributed by atoms with van der Waals surface area (Å²) in [5, 5.41) is 0. The molecule has 0 aliphatic rings. The molecule has 0 atom stereocenters. The lowest BCUT2D eigenvalue weighted by molar-refractivity contribution is -0.196. The number of hydrogen-bond acceptors (Lipinski definition) is 4. The Balaban J connectivity index is 2.68. The van der Waals surface area contributed by atoms with E-state index in [1.54, 1.807) is 24.3 Å². The van der Waals surface area contributed by atoms with Crippen molar-refractivity contribution in [1.29, 1.82) is 0 Å². The third-order valence-electron chi connectivity index (χ3n) is 1.62. The maximum absolute atomic E-state index is 11.0. The van der Waals surface area contributed by atoms with Crippen LogP contribution in [0.1, 0.15) is 0 Å². The zero-order valence-corrected chi connectivity index (χ0v) is 10.6. The molecule has 0 bridgehead atoms. The minimum Gasteiger partial charge on any atom is -0.423 e. The highest BCUT2D eigenvalue weighted by Crippen LogP contribution is 2.29. The van der Waals surface area contributed by atoms with E-state index in [9.17, 15) is 4.79 Å². The number of halogens is 1. The summed E-state index contributed by atoms with van der Waals surface area (Å²) in [6, 6.07) is 4.78. The van der Waals surface area contributed by atoms with Gasteiger partial charge in [-0.05, 0) is 34.1 Å². The van der Waals surface area contributed by atoms with Gasteiger partial charge in [-0.3, -0.25) is 0 Å². The van der Waals surface area contributed by atoms with Crippen LogP contribution in [0.25, 0.3) is 0 Å². The molecule has 0 aromatic heterocycles. The Labute approximate surface area is 108 Å². The Morgan fingerprint density at radius 1 is 1.41 bits per heavy atom. The molecule has 0 aliphatic carbocycles. The average Bonchev–Trinajstić information content (AvgIpc) is 2.32. The highest BCUT2D eigenvalue weighted by atomic mass is 79.9. The third kappa shape index (κ3) is 4.42. The molecule has 17 heavy (non-hydrogen) atoms. The van der Waals surface area contributed by atoms with Crippen LogP contribution in [-0.4, -0.2) is 12.6 Å². The fourth-order valence-corrected chi connectivity index (χ4v) is 1.34. The zero-order chi connectivity index (χ0) is 12.7. The fraction of sp³-hybridized carbons (Fsp3) is 0.0833. The lowest BCUT2D eigenvalue weighted by Gasteiger charge is -2.07. The Morgan fingerprint density at radius 3 is 2.76 bits per heavy atom. The van der Waals surface area contributed by atoms with Crippen molar-refractivity contribution in [3.8, 4) is 11.5 Å². The van der Waals surface area contributed by atoms with E-state index in [4.69, 9.17) is 14.5 Å². The fourth-order valence-electron chi connectivity index (χ4n) is 0.916. The van der Waals surface area contributed by atoms with Gasteiger partial charge in [-0.2, -0.15) is 4.89 Å². The van der Waals surface area contributed by atoms with Crippen LogP contribution in [0.2, 0.25) is 0 Å². The largest absolute Gasteiger partial charge is 0.423 e. The smallest absolute Gasteiger partial charge is 0.335 e. The summed E-state index contributed by atoms with van der Waals surface area (Å²) in [4.78, 5) is 20.8. The molecule has 0 aliphatic heterocycles. The number of carbonyl (C=O) groups is 1. The van der Waals surface area contributed by atoms with Gasteiger partial charge in [0, 0.05) is 6.08 Å². The van der Waals surface area contributed by atoms with Crippen molar-refractivity contribution in [2.75, 3.05) is 6.61 Å². The molecule has 0 saturated carbocycles. The van der Waals surface area contributed by atoms with Gasteiger partial charge in [0.2, 0.25) is 0 Å². The molecule has 0 radical (unpaired) electrons. The molecule has 0 spiro atoms.